The Morgan fingerprint density at radius 1 is 0.364 bits per heavy atom. The van der Waals surface area contributed by atoms with Gasteiger partial charge in [0, 0.05) is 12.8 Å². The van der Waals surface area contributed by atoms with E-state index in [1.165, 1.54) is 276 Å². The van der Waals surface area contributed by atoms with Gasteiger partial charge in [-0.1, -0.05) is 309 Å². The number of esters is 1. The number of carbonyl (C=O) groups excluding carboxylic acids is 2. The number of aliphatic hydroxyl groups excluding tert-OH is 2. The van der Waals surface area contributed by atoms with E-state index in [2.05, 4.69) is 19.2 Å². The zero-order valence-corrected chi connectivity index (χ0v) is 45.0. The summed E-state index contributed by atoms with van der Waals surface area (Å²) in [7, 11) is 0. The zero-order valence-electron chi connectivity index (χ0n) is 45.0. The number of hydrogen-bond donors (Lipinski definition) is 3. The third kappa shape index (κ3) is 52.2. The molecule has 0 rings (SSSR count). The van der Waals surface area contributed by atoms with Crippen molar-refractivity contribution in [2.45, 2.75) is 360 Å². The molecule has 0 bridgehead atoms. The van der Waals surface area contributed by atoms with Crippen LogP contribution in [0.3, 0.4) is 0 Å². The van der Waals surface area contributed by atoms with Crippen molar-refractivity contribution in [3.63, 3.8) is 0 Å². The summed E-state index contributed by atoms with van der Waals surface area (Å²) in [6, 6.07) is -0.538. The van der Waals surface area contributed by atoms with Crippen molar-refractivity contribution in [2.75, 3.05) is 13.2 Å². The highest BCUT2D eigenvalue weighted by Crippen LogP contribution is 2.18. The van der Waals surface area contributed by atoms with Crippen LogP contribution in [0.1, 0.15) is 348 Å². The molecule has 0 spiro atoms. The van der Waals surface area contributed by atoms with Crippen LogP contribution in [0.15, 0.2) is 0 Å². The van der Waals surface area contributed by atoms with Gasteiger partial charge in [-0.05, 0) is 25.7 Å². The third-order valence-electron chi connectivity index (χ3n) is 14.4. The summed E-state index contributed by atoms with van der Waals surface area (Å²) < 4.78 is 5.48. The SMILES string of the molecule is CCCCCCCCCCCCCCCC(=O)OCCCCCCCCCCCCCCCCCCCCCCCCCCC(=O)NC(CO)C(O)CCCCCCCCCCCCCC. The summed E-state index contributed by atoms with van der Waals surface area (Å²) in [4.78, 5) is 24.5. The van der Waals surface area contributed by atoms with Crippen LogP contribution in [0, 0.1) is 0 Å². The van der Waals surface area contributed by atoms with Gasteiger partial charge in [0.1, 0.15) is 0 Å². The lowest BCUT2D eigenvalue weighted by molar-refractivity contribution is -0.143. The molecular weight excluding hydrogens is 815 g/mol. The first kappa shape index (κ1) is 64.9. The molecule has 0 aromatic rings. The molecule has 0 radical (unpaired) electrons. The lowest BCUT2D eigenvalue weighted by Crippen LogP contribution is -2.45. The van der Waals surface area contributed by atoms with Gasteiger partial charge >= 0.3 is 5.97 Å². The van der Waals surface area contributed by atoms with E-state index < -0.39 is 12.1 Å². The van der Waals surface area contributed by atoms with Crippen LogP contribution in [0.25, 0.3) is 0 Å². The van der Waals surface area contributed by atoms with E-state index in [0.29, 0.717) is 25.9 Å². The number of amides is 1. The van der Waals surface area contributed by atoms with Crippen LogP contribution in [-0.4, -0.2) is 47.4 Å². The maximum absolute atomic E-state index is 12.5. The van der Waals surface area contributed by atoms with Gasteiger partial charge in [-0.3, -0.25) is 9.59 Å². The molecule has 6 nitrogen and oxygen atoms in total. The summed E-state index contributed by atoms with van der Waals surface area (Å²) in [5.74, 6) is -0.0145. The minimum atomic E-state index is -0.661. The van der Waals surface area contributed by atoms with E-state index in [9.17, 15) is 19.8 Å². The highest BCUT2D eigenvalue weighted by Gasteiger charge is 2.20. The van der Waals surface area contributed by atoms with Crippen molar-refractivity contribution < 1.29 is 24.5 Å². The largest absolute Gasteiger partial charge is 0.466 e. The fourth-order valence-corrected chi connectivity index (χ4v) is 9.76. The van der Waals surface area contributed by atoms with E-state index in [0.717, 1.165) is 38.5 Å². The van der Waals surface area contributed by atoms with Crippen LogP contribution in [0.4, 0.5) is 0 Å². The van der Waals surface area contributed by atoms with E-state index >= 15 is 0 Å². The molecule has 6 heteroatoms. The predicted octanol–water partition coefficient (Wildman–Crippen LogP) is 18.7. The number of carbonyl (C=O) groups is 2. The lowest BCUT2D eigenvalue weighted by Gasteiger charge is -2.22. The fourth-order valence-electron chi connectivity index (χ4n) is 9.76. The minimum absolute atomic E-state index is 0.0177. The van der Waals surface area contributed by atoms with Gasteiger partial charge in [-0.25, -0.2) is 0 Å². The van der Waals surface area contributed by atoms with Crippen LogP contribution >= 0.6 is 0 Å². The Hall–Kier alpha value is -1.14. The van der Waals surface area contributed by atoms with Gasteiger partial charge < -0.3 is 20.3 Å². The molecule has 1 amide bonds. The van der Waals surface area contributed by atoms with Crippen molar-refractivity contribution in [1.82, 2.24) is 5.32 Å². The highest BCUT2D eigenvalue weighted by atomic mass is 16.5. The van der Waals surface area contributed by atoms with Gasteiger partial charge in [0.25, 0.3) is 0 Å². The normalized spacial score (nSPS) is 12.5. The number of nitrogens with one attached hydrogen (secondary N) is 1. The Labute approximate surface area is 413 Å². The number of aliphatic hydroxyl groups is 2. The fraction of sp³-hybridized carbons (Fsp3) is 0.967. The molecule has 0 saturated carbocycles. The second-order valence-electron chi connectivity index (χ2n) is 21.1. The Balaban J connectivity index is 3.33. The van der Waals surface area contributed by atoms with Crippen molar-refractivity contribution in [2.24, 2.45) is 0 Å². The minimum Gasteiger partial charge on any atom is -0.466 e. The molecule has 0 aliphatic carbocycles. The molecule has 0 fully saturated rings. The molecule has 0 aromatic carbocycles. The Kier molecular flexibility index (Phi) is 55.5. The number of hydrogen-bond acceptors (Lipinski definition) is 5. The second-order valence-corrected chi connectivity index (χ2v) is 21.1. The maximum atomic E-state index is 12.5. The Morgan fingerprint density at radius 3 is 0.924 bits per heavy atom. The van der Waals surface area contributed by atoms with Gasteiger partial charge in [0.2, 0.25) is 5.91 Å². The molecule has 394 valence electrons. The van der Waals surface area contributed by atoms with Gasteiger partial charge in [0.05, 0.1) is 25.4 Å². The van der Waals surface area contributed by atoms with Crippen molar-refractivity contribution in [3.8, 4) is 0 Å². The maximum Gasteiger partial charge on any atom is 0.305 e. The molecule has 2 unspecified atom stereocenters. The Morgan fingerprint density at radius 2 is 0.621 bits per heavy atom. The Bertz CT molecular complexity index is 944. The standard InChI is InChI=1S/C60H119NO5/c1-3-5-7-9-11-13-15-29-34-38-42-46-50-54-60(65)66-55-51-47-43-39-35-31-28-26-24-22-20-18-17-19-21-23-25-27-30-33-37-41-45-49-53-59(64)61-57(56-62)58(63)52-48-44-40-36-32-16-14-12-10-8-6-4-2/h57-58,62-63H,3-56H2,1-2H3,(H,61,64). The topological polar surface area (TPSA) is 95.9 Å². The quantitative estimate of drug-likeness (QED) is 0.0417. The lowest BCUT2D eigenvalue weighted by atomic mass is 10.0. The van der Waals surface area contributed by atoms with Crippen molar-refractivity contribution in [3.05, 3.63) is 0 Å². The molecule has 0 aromatic heterocycles. The molecule has 3 N–H and O–H groups in total. The summed E-state index contributed by atoms with van der Waals surface area (Å²) in [5, 5.41) is 23.2. The van der Waals surface area contributed by atoms with E-state index in [1.54, 1.807) is 0 Å². The molecule has 0 saturated heterocycles. The van der Waals surface area contributed by atoms with Crippen LogP contribution < -0.4 is 5.32 Å². The van der Waals surface area contributed by atoms with E-state index in [1.807, 2.05) is 0 Å². The highest BCUT2D eigenvalue weighted by molar-refractivity contribution is 5.76. The molecular formula is C60H119NO5. The zero-order chi connectivity index (χ0) is 47.9. The molecule has 66 heavy (non-hydrogen) atoms. The van der Waals surface area contributed by atoms with Gasteiger partial charge in [-0.2, -0.15) is 0 Å². The molecule has 2 atom stereocenters. The molecule has 0 heterocycles. The summed E-state index contributed by atoms with van der Waals surface area (Å²) in [6.45, 7) is 4.97. The van der Waals surface area contributed by atoms with Crippen LogP contribution in [0.2, 0.25) is 0 Å². The number of ether oxygens (including phenoxy) is 1. The smallest absolute Gasteiger partial charge is 0.305 e. The molecule has 0 aliphatic rings. The van der Waals surface area contributed by atoms with Crippen LogP contribution in [-0.2, 0) is 14.3 Å². The van der Waals surface area contributed by atoms with E-state index in [-0.39, 0.29) is 18.5 Å². The molecule has 0 aliphatic heterocycles. The number of rotatable bonds is 57. The second kappa shape index (κ2) is 56.4. The average Bonchev–Trinajstić information content (AvgIpc) is 3.32. The van der Waals surface area contributed by atoms with Crippen LogP contribution in [0.5, 0.6) is 0 Å². The summed E-state index contributed by atoms with van der Waals surface area (Å²) in [6.07, 6.45) is 65.4. The summed E-state index contributed by atoms with van der Waals surface area (Å²) >= 11 is 0. The monoisotopic (exact) mass is 934 g/mol. The van der Waals surface area contributed by atoms with Crippen molar-refractivity contribution in [1.29, 1.82) is 0 Å². The first-order chi connectivity index (χ1) is 32.5. The predicted molar refractivity (Wildman–Crippen MR) is 287 cm³/mol. The average molecular weight is 935 g/mol. The first-order valence-corrected chi connectivity index (χ1v) is 30.3. The number of unbranched alkanes of at least 4 members (excludes halogenated alkanes) is 46. The van der Waals surface area contributed by atoms with Gasteiger partial charge in [0.15, 0.2) is 0 Å². The van der Waals surface area contributed by atoms with Gasteiger partial charge in [-0.15, -0.1) is 0 Å². The first-order valence-electron chi connectivity index (χ1n) is 30.3. The van der Waals surface area contributed by atoms with E-state index in [4.69, 9.17) is 4.74 Å². The summed E-state index contributed by atoms with van der Waals surface area (Å²) in [5.41, 5.74) is 0. The van der Waals surface area contributed by atoms with Crippen molar-refractivity contribution >= 4 is 11.9 Å². The third-order valence-corrected chi connectivity index (χ3v) is 14.4.